The molecule has 116 valence electrons. The largest absolute Gasteiger partial charge is 0.652 e. The molecule has 0 amide bonds. The van der Waals surface area contributed by atoms with E-state index in [2.05, 4.69) is 47.5 Å². The van der Waals surface area contributed by atoms with E-state index in [1.165, 1.54) is 11.1 Å². The van der Waals surface area contributed by atoms with Crippen molar-refractivity contribution in [2.24, 2.45) is 0 Å². The number of nitrogens with zero attached hydrogens (tertiary/aromatic N) is 2. The van der Waals surface area contributed by atoms with Crippen LogP contribution in [0, 0.1) is 0 Å². The molecule has 1 heterocycles. The van der Waals surface area contributed by atoms with E-state index in [-0.39, 0.29) is 12.1 Å². The van der Waals surface area contributed by atoms with E-state index in [0.717, 1.165) is 13.1 Å². The Balaban J connectivity index is 1.73. The third-order valence-corrected chi connectivity index (χ3v) is 6.78. The van der Waals surface area contributed by atoms with Crippen molar-refractivity contribution in [1.82, 2.24) is 9.34 Å². The van der Waals surface area contributed by atoms with Crippen LogP contribution in [0.15, 0.2) is 60.7 Å². The summed E-state index contributed by atoms with van der Waals surface area (Å²) in [6, 6.07) is 21.1. The Morgan fingerprint density at radius 3 is 1.50 bits per heavy atom. The summed E-state index contributed by atoms with van der Waals surface area (Å²) in [5.74, 6) is 0. The fraction of sp³-hybridized carbons (Fsp3) is 0.333. The third-order valence-electron chi connectivity index (χ3n) is 4.57. The average molecular weight is 314 g/mol. The fourth-order valence-electron chi connectivity index (χ4n) is 3.11. The van der Waals surface area contributed by atoms with Crippen molar-refractivity contribution in [1.29, 1.82) is 0 Å². The van der Waals surface area contributed by atoms with Crippen molar-refractivity contribution in [2.45, 2.75) is 25.9 Å². The van der Waals surface area contributed by atoms with Crippen molar-refractivity contribution in [2.75, 3.05) is 13.1 Å². The first-order valence-electron chi connectivity index (χ1n) is 7.85. The second kappa shape index (κ2) is 6.89. The van der Waals surface area contributed by atoms with Crippen molar-refractivity contribution in [3.8, 4) is 0 Å². The average Bonchev–Trinajstić information content (AvgIpc) is 2.96. The summed E-state index contributed by atoms with van der Waals surface area (Å²) < 4.78 is 4.30. The van der Waals surface area contributed by atoms with Crippen molar-refractivity contribution in [3.05, 3.63) is 71.8 Å². The van der Waals surface area contributed by atoms with E-state index in [0.29, 0.717) is 0 Å². The minimum Gasteiger partial charge on any atom is -0.652 e. The van der Waals surface area contributed by atoms with E-state index in [1.54, 1.807) is 0 Å². The molecule has 2 aromatic rings. The quantitative estimate of drug-likeness (QED) is 0.810. The maximum atomic E-state index is 13.0. The highest BCUT2D eigenvalue weighted by atomic mass is 31.2. The van der Waals surface area contributed by atoms with Crippen LogP contribution in [0.25, 0.3) is 0 Å². The lowest BCUT2D eigenvalue weighted by Crippen LogP contribution is -2.27. The van der Waals surface area contributed by atoms with Crippen LogP contribution in [0.3, 0.4) is 0 Å². The molecule has 0 aromatic heterocycles. The molecule has 4 heteroatoms. The number of hydrogen-bond donors (Lipinski definition) is 0. The van der Waals surface area contributed by atoms with Crippen LogP contribution in [-0.4, -0.2) is 22.4 Å². The molecule has 2 atom stereocenters. The summed E-state index contributed by atoms with van der Waals surface area (Å²) in [7, 11) is -1.91. The van der Waals surface area contributed by atoms with Gasteiger partial charge in [0, 0.05) is 0 Å². The topological polar surface area (TPSA) is 29.5 Å². The van der Waals surface area contributed by atoms with Crippen molar-refractivity contribution in [3.63, 3.8) is 0 Å². The van der Waals surface area contributed by atoms with Gasteiger partial charge in [0.2, 0.25) is 0 Å². The first-order chi connectivity index (χ1) is 10.7. The van der Waals surface area contributed by atoms with Crippen LogP contribution in [-0.2, 0) is 0 Å². The van der Waals surface area contributed by atoms with Crippen LogP contribution in [0.1, 0.15) is 37.1 Å². The van der Waals surface area contributed by atoms with Gasteiger partial charge in [0.25, 0.3) is 0 Å². The first-order valence-corrected chi connectivity index (χ1v) is 9.16. The lowest BCUT2D eigenvalue weighted by Gasteiger charge is -2.32. The molecule has 1 aliphatic rings. The van der Waals surface area contributed by atoms with Crippen LogP contribution in [0.2, 0.25) is 0 Å². The Bertz CT molecular complexity index is 539. The van der Waals surface area contributed by atoms with Gasteiger partial charge in [-0.05, 0) is 25.0 Å². The van der Waals surface area contributed by atoms with E-state index in [4.69, 9.17) is 0 Å². The Labute approximate surface area is 134 Å². The zero-order valence-corrected chi connectivity index (χ0v) is 14.1. The SMILES string of the molecule is C[C@H](c1ccccc1)N1CCN([C@H](C)c2ccccc2)[PH+]1[O-]. The monoisotopic (exact) mass is 314 g/mol. The Morgan fingerprint density at radius 1 is 0.773 bits per heavy atom. The van der Waals surface area contributed by atoms with Gasteiger partial charge in [-0.15, -0.1) is 0 Å². The molecule has 1 saturated heterocycles. The minimum absolute atomic E-state index is 0.195. The number of benzene rings is 2. The molecular weight excluding hydrogens is 291 g/mol. The molecular formula is C18H23N2OP. The molecule has 0 unspecified atom stereocenters. The Morgan fingerprint density at radius 2 is 1.14 bits per heavy atom. The fourth-order valence-corrected chi connectivity index (χ4v) is 4.99. The molecule has 2 aromatic carbocycles. The molecule has 0 bridgehead atoms. The molecule has 0 aliphatic carbocycles. The minimum atomic E-state index is -1.91. The molecule has 3 nitrogen and oxygen atoms in total. The Hall–Kier alpha value is -1.25. The van der Waals surface area contributed by atoms with Crippen molar-refractivity contribution < 1.29 is 4.89 Å². The summed E-state index contributed by atoms with van der Waals surface area (Å²) in [6.07, 6.45) is 0. The molecule has 3 rings (SSSR count). The van der Waals surface area contributed by atoms with Gasteiger partial charge in [0.1, 0.15) is 0 Å². The maximum absolute atomic E-state index is 13.0. The summed E-state index contributed by atoms with van der Waals surface area (Å²) in [5, 5.41) is 0. The highest BCUT2D eigenvalue weighted by molar-refractivity contribution is 7.45. The van der Waals surface area contributed by atoms with Crippen molar-refractivity contribution >= 4 is 8.45 Å². The number of rotatable bonds is 4. The van der Waals surface area contributed by atoms with Crippen LogP contribution < -0.4 is 4.89 Å². The summed E-state index contributed by atoms with van der Waals surface area (Å²) in [5.41, 5.74) is 2.46. The highest BCUT2D eigenvalue weighted by Gasteiger charge is 2.38. The Kier molecular flexibility index (Phi) is 4.90. The van der Waals surface area contributed by atoms with Gasteiger partial charge in [-0.25, -0.2) is 0 Å². The molecule has 1 aliphatic heterocycles. The van der Waals surface area contributed by atoms with Crippen LogP contribution in [0.5, 0.6) is 0 Å². The predicted octanol–water partition coefficient (Wildman–Crippen LogP) is 3.45. The first kappa shape index (κ1) is 15.6. The van der Waals surface area contributed by atoms with E-state index in [1.807, 2.05) is 36.4 Å². The van der Waals surface area contributed by atoms with Gasteiger partial charge >= 0.3 is 0 Å². The van der Waals surface area contributed by atoms with Gasteiger partial charge < -0.3 is 4.89 Å². The van der Waals surface area contributed by atoms with Gasteiger partial charge in [-0.3, -0.25) is 0 Å². The lowest BCUT2D eigenvalue weighted by atomic mass is 10.1. The van der Waals surface area contributed by atoms with E-state index >= 15 is 0 Å². The molecule has 0 radical (unpaired) electrons. The van der Waals surface area contributed by atoms with E-state index < -0.39 is 8.45 Å². The molecule has 0 N–H and O–H groups in total. The van der Waals surface area contributed by atoms with E-state index in [9.17, 15) is 4.89 Å². The van der Waals surface area contributed by atoms with Gasteiger partial charge in [-0.2, -0.15) is 9.34 Å². The zero-order valence-electron chi connectivity index (χ0n) is 13.1. The van der Waals surface area contributed by atoms with Crippen LogP contribution in [0.4, 0.5) is 0 Å². The molecule has 1 fully saturated rings. The second-order valence-electron chi connectivity index (χ2n) is 5.84. The smallest absolute Gasteiger partial charge is 0.0944 e. The normalized spacial score (nSPS) is 20.1. The molecule has 22 heavy (non-hydrogen) atoms. The van der Waals surface area contributed by atoms with Gasteiger partial charge in [0.15, 0.2) is 0 Å². The summed E-state index contributed by atoms with van der Waals surface area (Å²) in [6.45, 7) is 6.03. The third kappa shape index (κ3) is 3.09. The zero-order chi connectivity index (χ0) is 15.5. The van der Waals surface area contributed by atoms with Crippen LogP contribution >= 0.6 is 8.45 Å². The summed E-state index contributed by atoms with van der Waals surface area (Å²) in [4.78, 5) is 13.0. The maximum Gasteiger partial charge on any atom is 0.0944 e. The summed E-state index contributed by atoms with van der Waals surface area (Å²) >= 11 is 0. The van der Waals surface area contributed by atoms with Gasteiger partial charge in [-0.1, -0.05) is 60.7 Å². The lowest BCUT2D eigenvalue weighted by molar-refractivity contribution is -0.180. The number of hydrogen-bond acceptors (Lipinski definition) is 3. The molecule has 0 saturated carbocycles. The highest BCUT2D eigenvalue weighted by Crippen LogP contribution is 2.50. The standard InChI is InChI=1S/C18H23N2OP/c1-15(17-9-5-3-6-10-17)19-13-14-20(22(19)21)16(2)18-11-7-4-8-12-18/h3-12,15-16,22H,13-14H2,1-2H3/t15-,16-/m1/s1. The van der Waals surface area contributed by atoms with Gasteiger partial charge in [0.05, 0.1) is 33.6 Å². The molecule has 0 spiro atoms. The predicted molar refractivity (Wildman–Crippen MR) is 91.4 cm³/mol. The second-order valence-corrected chi connectivity index (χ2v) is 7.56.